The summed E-state index contributed by atoms with van der Waals surface area (Å²) in [6.45, 7) is 1.64. The fraction of sp³-hybridized carbons (Fsp3) is 0.250. The van der Waals surface area contributed by atoms with Crippen LogP contribution in [0.1, 0.15) is 17.3 Å². The second-order valence-electron chi connectivity index (χ2n) is 3.42. The molecule has 102 valence electrons. The molecule has 0 saturated carbocycles. The summed E-state index contributed by atoms with van der Waals surface area (Å²) in [5.41, 5.74) is 5.26. The highest BCUT2D eigenvalue weighted by Gasteiger charge is 2.20. The molecule has 3 N–H and O–H groups in total. The molecule has 7 nitrogen and oxygen atoms in total. The molecule has 0 aliphatic carbocycles. The number of nitrogens with two attached hydrogens (primary N) is 1. The Bertz CT molecular complexity index is 513. The van der Waals surface area contributed by atoms with E-state index in [1.807, 2.05) is 0 Å². The number of nitrogens with one attached hydrogen (secondary N) is 1. The van der Waals surface area contributed by atoms with E-state index < -0.39 is 17.8 Å². The van der Waals surface area contributed by atoms with Gasteiger partial charge in [0, 0.05) is 0 Å². The minimum atomic E-state index is -1.05. The van der Waals surface area contributed by atoms with Gasteiger partial charge in [-0.2, -0.15) is 0 Å². The summed E-state index contributed by atoms with van der Waals surface area (Å²) in [6.07, 6.45) is 0. The number of rotatable bonds is 4. The molecule has 7 heteroatoms. The molecule has 0 spiro atoms. The molecule has 19 heavy (non-hydrogen) atoms. The van der Waals surface area contributed by atoms with Crippen molar-refractivity contribution >= 4 is 23.5 Å². The molecule has 0 radical (unpaired) electrons. The minimum absolute atomic E-state index is 0.0375. The monoisotopic (exact) mass is 266 g/mol. The average Bonchev–Trinajstić information content (AvgIpc) is 2.38. The first-order chi connectivity index (χ1) is 9.01. The van der Waals surface area contributed by atoms with Crippen LogP contribution in [-0.4, -0.2) is 31.5 Å². The smallest absolute Gasteiger partial charge is 0.397 e. The van der Waals surface area contributed by atoms with Crippen LogP contribution in [0.2, 0.25) is 0 Å². The van der Waals surface area contributed by atoms with Gasteiger partial charge in [0.1, 0.15) is 5.75 Å². The third-order valence-corrected chi connectivity index (χ3v) is 2.21. The fourth-order valence-electron chi connectivity index (χ4n) is 1.40. The summed E-state index contributed by atoms with van der Waals surface area (Å²) >= 11 is 0. The van der Waals surface area contributed by atoms with E-state index in [2.05, 4.69) is 10.1 Å². The Morgan fingerprint density at radius 1 is 1.32 bits per heavy atom. The second-order valence-corrected chi connectivity index (χ2v) is 3.42. The standard InChI is InChI=1S/C12H14N2O5/c1-3-19-12(17)11(16)14-9-7(10(13)15)5-4-6-8(9)18-2/h4-6H,3H2,1-2H3,(H2,13,15)(H,14,16). The largest absolute Gasteiger partial charge is 0.495 e. The van der Waals surface area contributed by atoms with Crippen molar-refractivity contribution in [2.75, 3.05) is 19.0 Å². The molecule has 0 unspecified atom stereocenters. The van der Waals surface area contributed by atoms with Crippen molar-refractivity contribution in [1.82, 2.24) is 0 Å². The summed E-state index contributed by atoms with van der Waals surface area (Å²) in [7, 11) is 1.36. The Kier molecular flexibility index (Phi) is 4.87. The van der Waals surface area contributed by atoms with Crippen molar-refractivity contribution in [1.29, 1.82) is 0 Å². The van der Waals surface area contributed by atoms with Crippen molar-refractivity contribution in [3.63, 3.8) is 0 Å². The van der Waals surface area contributed by atoms with Crippen molar-refractivity contribution in [3.05, 3.63) is 23.8 Å². The Labute approximate surface area is 109 Å². The van der Waals surface area contributed by atoms with Crippen molar-refractivity contribution in [2.45, 2.75) is 6.92 Å². The van der Waals surface area contributed by atoms with Gasteiger partial charge in [0.25, 0.3) is 5.91 Å². The minimum Gasteiger partial charge on any atom is -0.495 e. The number of carbonyl (C=O) groups is 3. The zero-order valence-electron chi connectivity index (χ0n) is 10.6. The number of anilines is 1. The van der Waals surface area contributed by atoms with Gasteiger partial charge in [-0.15, -0.1) is 0 Å². The fourth-order valence-corrected chi connectivity index (χ4v) is 1.40. The van der Waals surface area contributed by atoms with Gasteiger partial charge in [-0.25, -0.2) is 4.79 Å². The highest BCUT2D eigenvalue weighted by Crippen LogP contribution is 2.28. The number of benzene rings is 1. The lowest BCUT2D eigenvalue weighted by Gasteiger charge is -2.12. The molecule has 1 rings (SSSR count). The van der Waals surface area contributed by atoms with Crippen LogP contribution in [-0.2, 0) is 14.3 Å². The van der Waals surface area contributed by atoms with E-state index in [0.717, 1.165) is 0 Å². The van der Waals surface area contributed by atoms with E-state index in [-0.39, 0.29) is 23.6 Å². The summed E-state index contributed by atoms with van der Waals surface area (Å²) in [4.78, 5) is 34.1. The number of para-hydroxylation sites is 1. The molecule has 0 heterocycles. The predicted molar refractivity (Wildman–Crippen MR) is 66.8 cm³/mol. The highest BCUT2D eigenvalue weighted by atomic mass is 16.5. The highest BCUT2D eigenvalue weighted by molar-refractivity contribution is 6.37. The summed E-state index contributed by atoms with van der Waals surface area (Å²) in [6, 6.07) is 4.47. The quantitative estimate of drug-likeness (QED) is 0.601. The SMILES string of the molecule is CCOC(=O)C(=O)Nc1c(OC)cccc1C(N)=O. The molecule has 1 aromatic rings. The molecular formula is C12H14N2O5. The average molecular weight is 266 g/mol. The van der Waals surface area contributed by atoms with Crippen LogP contribution >= 0.6 is 0 Å². The van der Waals surface area contributed by atoms with Crippen LogP contribution in [0.5, 0.6) is 5.75 Å². The number of esters is 1. The van der Waals surface area contributed by atoms with E-state index >= 15 is 0 Å². The van der Waals surface area contributed by atoms with E-state index in [1.54, 1.807) is 13.0 Å². The first kappa shape index (κ1) is 14.5. The Morgan fingerprint density at radius 2 is 2.00 bits per heavy atom. The van der Waals surface area contributed by atoms with Crippen molar-refractivity contribution in [3.8, 4) is 5.75 Å². The van der Waals surface area contributed by atoms with Gasteiger partial charge in [-0.1, -0.05) is 6.07 Å². The number of primary amides is 1. The van der Waals surface area contributed by atoms with Crippen LogP contribution in [0.25, 0.3) is 0 Å². The van der Waals surface area contributed by atoms with Crippen LogP contribution in [0.15, 0.2) is 18.2 Å². The lowest BCUT2D eigenvalue weighted by Crippen LogP contribution is -2.27. The summed E-state index contributed by atoms with van der Waals surface area (Å²) < 4.78 is 9.54. The molecular weight excluding hydrogens is 252 g/mol. The molecule has 0 aliphatic rings. The molecule has 1 aromatic carbocycles. The van der Waals surface area contributed by atoms with Crippen LogP contribution in [0.3, 0.4) is 0 Å². The zero-order valence-corrected chi connectivity index (χ0v) is 10.6. The summed E-state index contributed by atoms with van der Waals surface area (Å²) in [5, 5.41) is 2.26. The van der Waals surface area contributed by atoms with Crippen molar-refractivity contribution in [2.24, 2.45) is 5.73 Å². The molecule has 0 saturated heterocycles. The lowest BCUT2D eigenvalue weighted by molar-refractivity contribution is -0.152. The number of ether oxygens (including phenoxy) is 2. The first-order valence-electron chi connectivity index (χ1n) is 5.46. The number of carbonyl (C=O) groups excluding carboxylic acids is 3. The maximum absolute atomic E-state index is 11.6. The zero-order chi connectivity index (χ0) is 14.4. The number of hydrogen-bond acceptors (Lipinski definition) is 5. The molecule has 0 fully saturated rings. The maximum atomic E-state index is 11.6. The third-order valence-electron chi connectivity index (χ3n) is 2.21. The van der Waals surface area contributed by atoms with Crippen LogP contribution in [0, 0.1) is 0 Å². The molecule has 0 atom stereocenters. The lowest BCUT2D eigenvalue weighted by atomic mass is 10.1. The van der Waals surface area contributed by atoms with Crippen LogP contribution in [0.4, 0.5) is 5.69 Å². The topological polar surface area (TPSA) is 108 Å². The van der Waals surface area contributed by atoms with Gasteiger partial charge in [0.15, 0.2) is 0 Å². The van der Waals surface area contributed by atoms with E-state index in [0.29, 0.717) is 0 Å². The van der Waals surface area contributed by atoms with Gasteiger partial charge in [-0.05, 0) is 19.1 Å². The maximum Gasteiger partial charge on any atom is 0.397 e. The molecule has 0 bridgehead atoms. The Hall–Kier alpha value is -2.57. The molecule has 0 aliphatic heterocycles. The first-order valence-corrected chi connectivity index (χ1v) is 5.46. The second kappa shape index (κ2) is 6.39. The van der Waals surface area contributed by atoms with Gasteiger partial charge >= 0.3 is 11.9 Å². The number of hydrogen-bond donors (Lipinski definition) is 2. The van der Waals surface area contributed by atoms with E-state index in [1.165, 1.54) is 19.2 Å². The predicted octanol–water partition coefficient (Wildman–Crippen LogP) is 0.296. The normalized spacial score (nSPS) is 9.58. The van der Waals surface area contributed by atoms with Gasteiger partial charge < -0.3 is 20.5 Å². The van der Waals surface area contributed by atoms with E-state index in [4.69, 9.17) is 10.5 Å². The number of amides is 2. The van der Waals surface area contributed by atoms with E-state index in [9.17, 15) is 14.4 Å². The number of methoxy groups -OCH3 is 1. The molecule has 2 amide bonds. The van der Waals surface area contributed by atoms with Crippen molar-refractivity contribution < 1.29 is 23.9 Å². The Balaban J connectivity index is 3.08. The molecule has 0 aromatic heterocycles. The Morgan fingerprint density at radius 3 is 2.53 bits per heavy atom. The van der Waals surface area contributed by atoms with Gasteiger partial charge in [-0.3, -0.25) is 9.59 Å². The van der Waals surface area contributed by atoms with Gasteiger partial charge in [0.2, 0.25) is 0 Å². The van der Waals surface area contributed by atoms with Crippen LogP contribution < -0.4 is 15.8 Å². The van der Waals surface area contributed by atoms with Gasteiger partial charge in [0.05, 0.1) is 25.0 Å². The third kappa shape index (κ3) is 3.44. The summed E-state index contributed by atoms with van der Waals surface area (Å²) in [5.74, 6) is -2.59.